The molecule has 130 valence electrons. The van der Waals surface area contributed by atoms with Crippen molar-refractivity contribution >= 4 is 5.91 Å². The lowest BCUT2D eigenvalue weighted by Crippen LogP contribution is -2.47. The van der Waals surface area contributed by atoms with E-state index in [9.17, 15) is 4.79 Å². The van der Waals surface area contributed by atoms with Gasteiger partial charge in [0.25, 0.3) is 5.91 Å². The largest absolute Gasteiger partial charge is 0.373 e. The lowest BCUT2D eigenvalue weighted by molar-refractivity contribution is -0.0672. The van der Waals surface area contributed by atoms with Gasteiger partial charge in [0.1, 0.15) is 5.69 Å². The minimum absolute atomic E-state index is 0.106. The van der Waals surface area contributed by atoms with Crippen LogP contribution in [0, 0.1) is 6.92 Å². The third-order valence-electron chi connectivity index (χ3n) is 3.96. The topological polar surface area (TPSA) is 59.4 Å². The van der Waals surface area contributed by atoms with Crippen LogP contribution in [0.4, 0.5) is 0 Å². The van der Waals surface area contributed by atoms with Gasteiger partial charge in [0.15, 0.2) is 0 Å². The second kappa shape index (κ2) is 7.01. The Morgan fingerprint density at radius 3 is 2.48 bits per heavy atom. The smallest absolute Gasteiger partial charge is 0.271 e. The summed E-state index contributed by atoms with van der Waals surface area (Å²) < 4.78 is 7.62. The molecule has 1 amide bonds. The van der Waals surface area contributed by atoms with Crippen molar-refractivity contribution in [1.29, 1.82) is 0 Å². The fraction of sp³-hybridized carbons (Fsp3) is 0.765. The lowest BCUT2D eigenvalue weighted by Gasteiger charge is -2.35. The fourth-order valence-corrected chi connectivity index (χ4v) is 3.15. The van der Waals surface area contributed by atoms with Gasteiger partial charge in [-0.15, -0.1) is 0 Å². The first-order chi connectivity index (χ1) is 10.7. The number of nitrogens with zero attached hydrogens (tertiary/aromatic N) is 3. The molecule has 1 N–H and O–H groups in total. The van der Waals surface area contributed by atoms with E-state index < -0.39 is 0 Å². The van der Waals surface area contributed by atoms with Crippen LogP contribution in [-0.2, 0) is 10.3 Å². The third-order valence-corrected chi connectivity index (χ3v) is 3.96. The molecule has 1 aromatic heterocycles. The Bertz CT molecular complexity index is 537. The van der Waals surface area contributed by atoms with Gasteiger partial charge in [0, 0.05) is 31.9 Å². The highest BCUT2D eigenvalue weighted by molar-refractivity contribution is 5.92. The van der Waals surface area contributed by atoms with Gasteiger partial charge in [-0.3, -0.25) is 14.4 Å². The molecule has 0 aromatic carbocycles. The molecule has 0 saturated carbocycles. The molecule has 1 aliphatic rings. The van der Waals surface area contributed by atoms with E-state index in [0.29, 0.717) is 12.2 Å². The van der Waals surface area contributed by atoms with Crippen molar-refractivity contribution < 1.29 is 9.53 Å². The molecule has 1 fully saturated rings. The molecule has 2 atom stereocenters. The van der Waals surface area contributed by atoms with Crippen LogP contribution in [0.2, 0.25) is 0 Å². The Morgan fingerprint density at radius 2 is 1.96 bits per heavy atom. The number of morpholine rings is 1. The lowest BCUT2D eigenvalue weighted by atomic mass is 10.1. The van der Waals surface area contributed by atoms with Gasteiger partial charge in [-0.05, 0) is 47.6 Å². The molecular weight excluding hydrogens is 292 g/mol. The molecule has 1 saturated heterocycles. The quantitative estimate of drug-likeness (QED) is 0.918. The summed E-state index contributed by atoms with van der Waals surface area (Å²) in [6.07, 6.45) is 0.499. The van der Waals surface area contributed by atoms with Crippen molar-refractivity contribution in [2.45, 2.75) is 59.3 Å². The number of amides is 1. The molecule has 0 aliphatic carbocycles. The number of ether oxygens (including phenoxy) is 1. The summed E-state index contributed by atoms with van der Waals surface area (Å²) in [4.78, 5) is 14.6. The van der Waals surface area contributed by atoms with E-state index >= 15 is 0 Å². The Labute approximate surface area is 139 Å². The van der Waals surface area contributed by atoms with E-state index in [1.165, 1.54) is 0 Å². The average molecular weight is 322 g/mol. The minimum atomic E-state index is -0.122. The van der Waals surface area contributed by atoms with Gasteiger partial charge in [-0.1, -0.05) is 0 Å². The van der Waals surface area contributed by atoms with Crippen LogP contribution >= 0.6 is 0 Å². The van der Waals surface area contributed by atoms with Crippen LogP contribution in [0.5, 0.6) is 0 Å². The number of hydrogen-bond acceptors (Lipinski definition) is 4. The summed E-state index contributed by atoms with van der Waals surface area (Å²) in [5.41, 5.74) is 1.36. The van der Waals surface area contributed by atoms with Crippen molar-refractivity contribution in [1.82, 2.24) is 20.0 Å². The van der Waals surface area contributed by atoms with Gasteiger partial charge in [-0.2, -0.15) is 5.10 Å². The summed E-state index contributed by atoms with van der Waals surface area (Å²) in [5, 5.41) is 7.41. The zero-order valence-corrected chi connectivity index (χ0v) is 15.2. The Balaban J connectivity index is 1.86. The maximum Gasteiger partial charge on any atom is 0.271 e. The van der Waals surface area contributed by atoms with E-state index in [0.717, 1.165) is 25.3 Å². The first-order valence-electron chi connectivity index (χ1n) is 8.40. The van der Waals surface area contributed by atoms with Gasteiger partial charge in [0.05, 0.1) is 17.7 Å². The van der Waals surface area contributed by atoms with Gasteiger partial charge in [0.2, 0.25) is 0 Å². The monoisotopic (exact) mass is 322 g/mol. The number of rotatable bonds is 4. The number of carbonyl (C=O) groups excluding carboxylic acids is 1. The number of aryl methyl sites for hydroxylation is 1. The number of hydrogen-bond donors (Lipinski definition) is 1. The highest BCUT2D eigenvalue weighted by Gasteiger charge is 2.23. The molecule has 0 radical (unpaired) electrons. The van der Waals surface area contributed by atoms with Crippen LogP contribution in [0.25, 0.3) is 0 Å². The fourth-order valence-electron chi connectivity index (χ4n) is 3.15. The summed E-state index contributed by atoms with van der Waals surface area (Å²) in [6.45, 7) is 15.7. The predicted molar refractivity (Wildman–Crippen MR) is 90.7 cm³/mol. The standard InChI is InChI=1S/C17H30N4O2/c1-12-9-15(19-21(12)17(4,5)6)16(22)18-7-8-20-10-13(2)23-14(3)11-20/h9,13-14H,7-8,10-11H2,1-6H3,(H,18,22)/t13-,14-/m0/s1. The molecule has 0 unspecified atom stereocenters. The normalized spacial score (nSPS) is 23.0. The number of nitrogens with one attached hydrogen (secondary N) is 1. The predicted octanol–water partition coefficient (Wildman–Crippen LogP) is 1.79. The van der Waals surface area contributed by atoms with Crippen molar-refractivity contribution in [2.24, 2.45) is 0 Å². The van der Waals surface area contributed by atoms with Crippen LogP contribution in [-0.4, -0.2) is 59.0 Å². The zero-order valence-electron chi connectivity index (χ0n) is 15.2. The Kier molecular flexibility index (Phi) is 5.47. The summed E-state index contributed by atoms with van der Waals surface area (Å²) in [5.74, 6) is -0.106. The SMILES string of the molecule is Cc1cc(C(=O)NCCN2C[C@H](C)O[C@@H](C)C2)nn1C(C)(C)C. The van der Waals surface area contributed by atoms with Crippen LogP contribution in [0.1, 0.15) is 50.8 Å². The second-order valence-corrected chi connectivity index (χ2v) is 7.53. The van der Waals surface area contributed by atoms with E-state index in [-0.39, 0.29) is 23.7 Å². The van der Waals surface area contributed by atoms with E-state index in [4.69, 9.17) is 4.74 Å². The van der Waals surface area contributed by atoms with Crippen LogP contribution in [0.15, 0.2) is 6.07 Å². The van der Waals surface area contributed by atoms with Crippen LogP contribution in [0.3, 0.4) is 0 Å². The molecule has 23 heavy (non-hydrogen) atoms. The summed E-state index contributed by atoms with van der Waals surface area (Å²) >= 11 is 0. The summed E-state index contributed by atoms with van der Waals surface area (Å²) in [7, 11) is 0. The zero-order chi connectivity index (χ0) is 17.2. The second-order valence-electron chi connectivity index (χ2n) is 7.53. The molecular formula is C17H30N4O2. The first-order valence-corrected chi connectivity index (χ1v) is 8.40. The Hall–Kier alpha value is -1.40. The minimum Gasteiger partial charge on any atom is -0.373 e. The summed E-state index contributed by atoms with van der Waals surface area (Å²) in [6, 6.07) is 1.85. The first kappa shape index (κ1) is 17.9. The molecule has 2 heterocycles. The highest BCUT2D eigenvalue weighted by atomic mass is 16.5. The molecule has 1 aliphatic heterocycles. The van der Waals surface area contributed by atoms with Crippen molar-refractivity contribution in [3.63, 3.8) is 0 Å². The molecule has 6 nitrogen and oxygen atoms in total. The number of aromatic nitrogens is 2. The van der Waals surface area contributed by atoms with E-state index in [1.54, 1.807) is 0 Å². The third kappa shape index (κ3) is 4.78. The average Bonchev–Trinajstić information content (AvgIpc) is 2.79. The van der Waals surface area contributed by atoms with Crippen molar-refractivity contribution in [3.05, 3.63) is 17.5 Å². The van der Waals surface area contributed by atoms with Gasteiger partial charge < -0.3 is 10.1 Å². The van der Waals surface area contributed by atoms with Gasteiger partial charge in [-0.25, -0.2) is 0 Å². The molecule has 6 heteroatoms. The Morgan fingerprint density at radius 1 is 1.35 bits per heavy atom. The van der Waals surface area contributed by atoms with E-state index in [1.807, 2.05) is 17.7 Å². The molecule has 0 bridgehead atoms. The molecule has 2 rings (SSSR count). The van der Waals surface area contributed by atoms with Crippen LogP contribution < -0.4 is 5.32 Å². The number of carbonyl (C=O) groups is 1. The van der Waals surface area contributed by atoms with Crippen molar-refractivity contribution in [2.75, 3.05) is 26.2 Å². The molecule has 0 spiro atoms. The van der Waals surface area contributed by atoms with Gasteiger partial charge >= 0.3 is 0 Å². The maximum absolute atomic E-state index is 12.3. The highest BCUT2D eigenvalue weighted by Crippen LogP contribution is 2.16. The molecule has 1 aromatic rings. The maximum atomic E-state index is 12.3. The van der Waals surface area contributed by atoms with E-state index in [2.05, 4.69) is 49.9 Å². The van der Waals surface area contributed by atoms with Crippen molar-refractivity contribution in [3.8, 4) is 0 Å².